The number of hydrogen-bond donors (Lipinski definition) is 1. The van der Waals surface area contributed by atoms with Crippen LogP contribution in [0.2, 0.25) is 0 Å². The summed E-state index contributed by atoms with van der Waals surface area (Å²) >= 11 is 0. The van der Waals surface area contributed by atoms with Crippen LogP contribution in [-0.4, -0.2) is 40.1 Å². The molecule has 0 unspecified atom stereocenters. The Morgan fingerprint density at radius 3 is 3.07 bits per heavy atom. The van der Waals surface area contributed by atoms with Gasteiger partial charge in [0.25, 0.3) is 0 Å². The molecule has 1 aromatic carbocycles. The van der Waals surface area contributed by atoms with Gasteiger partial charge in [-0.1, -0.05) is 18.2 Å². The Labute approximate surface area is 154 Å². The van der Waals surface area contributed by atoms with Gasteiger partial charge in [0, 0.05) is 30.3 Å². The number of para-hydroxylation sites is 1. The first kappa shape index (κ1) is 16.0. The number of aromatic nitrogens is 3. The van der Waals surface area contributed by atoms with Crippen molar-refractivity contribution < 1.29 is 13.9 Å². The van der Waals surface area contributed by atoms with Crippen LogP contribution >= 0.6 is 0 Å². The molecule has 7 heteroatoms. The molecule has 1 fully saturated rings. The molecule has 7 nitrogen and oxygen atoms in total. The van der Waals surface area contributed by atoms with Crippen LogP contribution in [0.25, 0.3) is 28.1 Å². The maximum Gasteiger partial charge on any atom is 0.231 e. The number of carbonyl (C=O) groups excluding carboxylic acids is 1. The highest BCUT2D eigenvalue weighted by Gasteiger charge is 2.20. The Morgan fingerprint density at radius 2 is 2.19 bits per heavy atom. The molecule has 0 saturated carbocycles. The van der Waals surface area contributed by atoms with Gasteiger partial charge in [0.1, 0.15) is 17.1 Å². The lowest BCUT2D eigenvalue weighted by atomic mass is 10.00. The summed E-state index contributed by atoms with van der Waals surface area (Å²) in [6, 6.07) is 13.5. The molecule has 0 bridgehead atoms. The van der Waals surface area contributed by atoms with E-state index in [0.29, 0.717) is 36.9 Å². The maximum absolute atomic E-state index is 11.5. The summed E-state index contributed by atoms with van der Waals surface area (Å²) < 4.78 is 13.5. The monoisotopic (exact) mass is 362 g/mol. The largest absolute Gasteiger partial charge is 0.476 e. The van der Waals surface area contributed by atoms with Gasteiger partial charge in [0.05, 0.1) is 19.3 Å². The Kier molecular flexibility index (Phi) is 3.86. The number of benzene rings is 1. The third-order valence-electron chi connectivity index (χ3n) is 4.75. The Hall–Kier alpha value is -3.19. The fourth-order valence-electron chi connectivity index (χ4n) is 3.41. The molecule has 0 amide bonds. The van der Waals surface area contributed by atoms with Crippen LogP contribution in [0.5, 0.6) is 5.88 Å². The van der Waals surface area contributed by atoms with Crippen LogP contribution in [0.4, 0.5) is 0 Å². The molecule has 1 aliphatic rings. The quantitative estimate of drug-likeness (QED) is 0.601. The van der Waals surface area contributed by atoms with Crippen LogP contribution in [0.1, 0.15) is 6.42 Å². The molecule has 27 heavy (non-hydrogen) atoms. The average molecular weight is 362 g/mol. The van der Waals surface area contributed by atoms with E-state index in [9.17, 15) is 4.79 Å². The van der Waals surface area contributed by atoms with E-state index in [1.807, 2.05) is 36.4 Å². The van der Waals surface area contributed by atoms with E-state index in [4.69, 9.17) is 9.15 Å². The van der Waals surface area contributed by atoms with Crippen molar-refractivity contribution >= 4 is 22.4 Å². The van der Waals surface area contributed by atoms with Crippen molar-refractivity contribution in [3.05, 3.63) is 48.7 Å². The highest BCUT2D eigenvalue weighted by atomic mass is 16.5. The number of nitrogens with one attached hydrogen (secondary N) is 1. The van der Waals surface area contributed by atoms with E-state index >= 15 is 0 Å². The number of imidazole rings is 1. The molecule has 4 aromatic rings. The molecule has 0 radical (unpaired) electrons. The molecular weight excluding hydrogens is 344 g/mol. The number of hydrogen-bond acceptors (Lipinski definition) is 6. The van der Waals surface area contributed by atoms with Crippen molar-refractivity contribution in [2.24, 2.45) is 5.92 Å². The third-order valence-corrected chi connectivity index (χ3v) is 4.75. The van der Waals surface area contributed by atoms with Crippen molar-refractivity contribution in [3.63, 3.8) is 0 Å². The first-order valence-electron chi connectivity index (χ1n) is 8.95. The zero-order chi connectivity index (χ0) is 18.2. The smallest absolute Gasteiger partial charge is 0.231 e. The van der Waals surface area contributed by atoms with Gasteiger partial charge >= 0.3 is 0 Å². The molecule has 5 rings (SSSR count). The molecule has 1 atom stereocenters. The summed E-state index contributed by atoms with van der Waals surface area (Å²) in [7, 11) is 0. The fourth-order valence-corrected chi connectivity index (χ4v) is 3.41. The second-order valence-corrected chi connectivity index (χ2v) is 6.78. The van der Waals surface area contributed by atoms with E-state index in [0.717, 1.165) is 23.2 Å². The predicted octanol–water partition coefficient (Wildman–Crippen LogP) is 2.70. The second-order valence-electron chi connectivity index (χ2n) is 6.78. The highest BCUT2D eigenvalue weighted by Crippen LogP contribution is 2.28. The highest BCUT2D eigenvalue weighted by molar-refractivity contribution is 5.82. The van der Waals surface area contributed by atoms with Gasteiger partial charge in [-0.2, -0.15) is 0 Å². The van der Waals surface area contributed by atoms with E-state index < -0.39 is 0 Å². The summed E-state index contributed by atoms with van der Waals surface area (Å²) in [5.74, 6) is 1.59. The van der Waals surface area contributed by atoms with Gasteiger partial charge in [-0.05, 0) is 18.2 Å². The number of carbonyl (C=O) groups is 1. The van der Waals surface area contributed by atoms with E-state index in [2.05, 4.69) is 15.4 Å². The first-order valence-corrected chi connectivity index (χ1v) is 8.95. The number of nitrogens with zero attached hydrogens (tertiary/aromatic N) is 3. The van der Waals surface area contributed by atoms with Crippen LogP contribution in [0.15, 0.2) is 53.1 Å². The summed E-state index contributed by atoms with van der Waals surface area (Å²) in [6.45, 7) is 1.69. The molecule has 3 aromatic heterocycles. The van der Waals surface area contributed by atoms with Gasteiger partial charge in [0.15, 0.2) is 11.4 Å². The number of furan rings is 1. The summed E-state index contributed by atoms with van der Waals surface area (Å²) in [5.41, 5.74) is 2.30. The number of fused-ring (bicyclic) bond motifs is 2. The lowest BCUT2D eigenvalue weighted by Crippen LogP contribution is -2.38. The van der Waals surface area contributed by atoms with Crippen LogP contribution in [0, 0.1) is 5.92 Å². The number of rotatable bonds is 4. The minimum Gasteiger partial charge on any atom is -0.476 e. The van der Waals surface area contributed by atoms with E-state index in [1.165, 1.54) is 0 Å². The summed E-state index contributed by atoms with van der Waals surface area (Å²) in [6.07, 6.45) is 2.29. The normalized spacial score (nSPS) is 17.6. The summed E-state index contributed by atoms with van der Waals surface area (Å²) in [5, 5.41) is 8.70. The first-order chi connectivity index (χ1) is 13.3. The molecule has 1 N–H and O–H groups in total. The zero-order valence-electron chi connectivity index (χ0n) is 14.6. The molecule has 136 valence electrons. The molecule has 1 aliphatic heterocycles. The minimum atomic E-state index is 0.168. The Morgan fingerprint density at radius 1 is 1.26 bits per heavy atom. The van der Waals surface area contributed by atoms with Crippen molar-refractivity contribution in [1.82, 2.24) is 19.9 Å². The van der Waals surface area contributed by atoms with Gasteiger partial charge in [0.2, 0.25) is 5.88 Å². The van der Waals surface area contributed by atoms with Crippen molar-refractivity contribution in [1.29, 1.82) is 0 Å². The summed E-state index contributed by atoms with van der Waals surface area (Å²) in [4.78, 5) is 15.9. The standard InChI is InChI=1S/C20H18N4O3/c25-15-7-13(9-21-10-15)12-26-20-6-5-19-22-11-16(24(19)23-20)18-8-14-3-1-2-4-17(14)27-18/h1-6,8,11,13,21H,7,9-10,12H2/t13-/m0/s1. The van der Waals surface area contributed by atoms with Crippen LogP contribution in [-0.2, 0) is 4.79 Å². The second kappa shape index (κ2) is 6.51. The van der Waals surface area contributed by atoms with E-state index in [1.54, 1.807) is 16.8 Å². The Balaban J connectivity index is 1.43. The van der Waals surface area contributed by atoms with Crippen molar-refractivity contribution in [2.75, 3.05) is 19.7 Å². The zero-order valence-corrected chi connectivity index (χ0v) is 14.6. The maximum atomic E-state index is 11.5. The molecule has 0 spiro atoms. The van der Waals surface area contributed by atoms with Crippen LogP contribution < -0.4 is 10.1 Å². The number of piperidine rings is 1. The molecule has 4 heterocycles. The van der Waals surface area contributed by atoms with E-state index in [-0.39, 0.29) is 11.7 Å². The lowest BCUT2D eigenvalue weighted by molar-refractivity contribution is -0.120. The van der Waals surface area contributed by atoms with Gasteiger partial charge in [-0.15, -0.1) is 5.10 Å². The number of Topliss-reactive ketones (excluding diaryl/α,β-unsaturated/α-hetero) is 1. The predicted molar refractivity (Wildman–Crippen MR) is 99.7 cm³/mol. The van der Waals surface area contributed by atoms with Crippen molar-refractivity contribution in [2.45, 2.75) is 6.42 Å². The number of ether oxygens (including phenoxy) is 1. The molecule has 1 saturated heterocycles. The van der Waals surface area contributed by atoms with Gasteiger partial charge in [-0.25, -0.2) is 9.50 Å². The lowest BCUT2D eigenvalue weighted by Gasteiger charge is -2.21. The van der Waals surface area contributed by atoms with Crippen LogP contribution in [0.3, 0.4) is 0 Å². The Bertz CT molecular complexity index is 1100. The molecular formula is C20H18N4O3. The number of ketones is 1. The third kappa shape index (κ3) is 3.06. The van der Waals surface area contributed by atoms with Gasteiger partial charge < -0.3 is 14.5 Å². The average Bonchev–Trinajstić information content (AvgIpc) is 3.29. The minimum absolute atomic E-state index is 0.168. The molecule has 0 aliphatic carbocycles. The fraction of sp³-hybridized carbons (Fsp3) is 0.250. The van der Waals surface area contributed by atoms with Crippen molar-refractivity contribution in [3.8, 4) is 17.3 Å². The SMILES string of the molecule is O=C1CNC[C@@H](COc2ccc3ncc(-c4cc5ccccc5o4)n3n2)C1. The topological polar surface area (TPSA) is 81.7 Å². The van der Waals surface area contributed by atoms with Gasteiger partial charge in [-0.3, -0.25) is 4.79 Å².